The number of ether oxygens (including phenoxy) is 1. The van der Waals surface area contributed by atoms with E-state index in [0.29, 0.717) is 16.6 Å². The molecule has 0 saturated heterocycles. The average Bonchev–Trinajstić information content (AvgIpc) is 3.05. The molecule has 4 N–H and O–H groups in total. The Kier molecular flexibility index (Phi) is 4.98. The van der Waals surface area contributed by atoms with Gasteiger partial charge in [-0.3, -0.25) is 4.79 Å². The van der Waals surface area contributed by atoms with Crippen molar-refractivity contribution in [1.82, 2.24) is 4.98 Å². The zero-order chi connectivity index (χ0) is 19.6. The smallest absolute Gasteiger partial charge is 0.341 e. The fraction of sp³-hybridized carbons (Fsp3) is 0.111. The Morgan fingerprint density at radius 3 is 2.44 bits per heavy atom. The first-order valence-corrected chi connectivity index (χ1v) is 9.51. The molecule has 1 unspecified atom stereocenters. The standard InChI is InChI=1S/C18H17N3O5S/c1-11(17(22)21-12-6-8-13(9-7-12)27(19,24)25)26-18(23)15-10-20-16-5-3-2-4-14(15)16/h2-11,20H,1H3,(H,21,22)(H2,19,24,25). The van der Waals surface area contributed by atoms with E-state index in [0.717, 1.165) is 5.52 Å². The predicted octanol–water partition coefficient (Wildman–Crippen LogP) is 2.00. The number of para-hydroxylation sites is 1. The minimum absolute atomic E-state index is 0.0701. The molecular formula is C18H17N3O5S. The van der Waals surface area contributed by atoms with Gasteiger partial charge in [0.25, 0.3) is 5.91 Å². The molecule has 0 saturated carbocycles. The summed E-state index contributed by atoms with van der Waals surface area (Å²) in [5.74, 6) is -1.17. The molecule has 0 spiro atoms. The molecule has 27 heavy (non-hydrogen) atoms. The Morgan fingerprint density at radius 1 is 1.11 bits per heavy atom. The Balaban J connectivity index is 1.66. The van der Waals surface area contributed by atoms with Crippen LogP contribution in [-0.4, -0.2) is 31.4 Å². The highest BCUT2D eigenvalue weighted by atomic mass is 32.2. The SMILES string of the molecule is CC(OC(=O)c1c[nH]c2ccccc12)C(=O)Nc1ccc(S(N)(=O)=O)cc1. The van der Waals surface area contributed by atoms with Gasteiger partial charge in [0.2, 0.25) is 10.0 Å². The van der Waals surface area contributed by atoms with Crippen LogP contribution in [0.1, 0.15) is 17.3 Å². The van der Waals surface area contributed by atoms with Gasteiger partial charge in [-0.05, 0) is 37.3 Å². The molecule has 2 aromatic carbocycles. The molecule has 0 bridgehead atoms. The molecule has 0 radical (unpaired) electrons. The molecule has 9 heteroatoms. The number of sulfonamides is 1. The highest BCUT2D eigenvalue weighted by Crippen LogP contribution is 2.19. The van der Waals surface area contributed by atoms with E-state index in [2.05, 4.69) is 10.3 Å². The molecule has 1 heterocycles. The lowest BCUT2D eigenvalue weighted by molar-refractivity contribution is -0.123. The largest absolute Gasteiger partial charge is 0.449 e. The first kappa shape index (κ1) is 18.6. The van der Waals surface area contributed by atoms with Gasteiger partial charge in [0.05, 0.1) is 10.5 Å². The number of esters is 1. The summed E-state index contributed by atoms with van der Waals surface area (Å²) >= 11 is 0. The molecule has 0 aliphatic rings. The topological polar surface area (TPSA) is 131 Å². The summed E-state index contributed by atoms with van der Waals surface area (Å²) in [6, 6.07) is 12.6. The van der Waals surface area contributed by atoms with Gasteiger partial charge in [-0.15, -0.1) is 0 Å². The first-order chi connectivity index (χ1) is 12.8. The van der Waals surface area contributed by atoms with Crippen LogP contribution in [0.3, 0.4) is 0 Å². The number of nitrogens with one attached hydrogen (secondary N) is 2. The van der Waals surface area contributed by atoms with Crippen LogP contribution in [0.2, 0.25) is 0 Å². The van der Waals surface area contributed by atoms with Crippen LogP contribution >= 0.6 is 0 Å². The van der Waals surface area contributed by atoms with Crippen molar-refractivity contribution in [3.05, 3.63) is 60.3 Å². The minimum atomic E-state index is -3.81. The second-order valence-electron chi connectivity index (χ2n) is 5.85. The van der Waals surface area contributed by atoms with Crippen molar-refractivity contribution < 1.29 is 22.7 Å². The number of nitrogens with two attached hydrogens (primary N) is 1. The van der Waals surface area contributed by atoms with Crippen LogP contribution in [0.5, 0.6) is 0 Å². The van der Waals surface area contributed by atoms with Crippen molar-refractivity contribution in [2.75, 3.05) is 5.32 Å². The van der Waals surface area contributed by atoms with Crippen LogP contribution in [-0.2, 0) is 19.6 Å². The maximum absolute atomic E-state index is 12.3. The number of aromatic nitrogens is 1. The molecule has 140 valence electrons. The lowest BCUT2D eigenvalue weighted by Crippen LogP contribution is -2.30. The number of rotatable bonds is 5. The molecule has 8 nitrogen and oxygen atoms in total. The van der Waals surface area contributed by atoms with Gasteiger partial charge in [0.1, 0.15) is 0 Å². The molecular weight excluding hydrogens is 370 g/mol. The molecule has 3 aromatic rings. The summed E-state index contributed by atoms with van der Waals surface area (Å²) in [5, 5.41) is 8.27. The molecule has 1 aromatic heterocycles. The second kappa shape index (κ2) is 7.22. The van der Waals surface area contributed by atoms with Crippen molar-refractivity contribution in [1.29, 1.82) is 0 Å². The van der Waals surface area contributed by atoms with Crippen LogP contribution in [0.15, 0.2) is 59.6 Å². The number of hydrogen-bond acceptors (Lipinski definition) is 5. The fourth-order valence-corrected chi connectivity index (χ4v) is 3.01. The van der Waals surface area contributed by atoms with E-state index in [9.17, 15) is 18.0 Å². The Hall–Kier alpha value is -3.17. The number of benzene rings is 2. The van der Waals surface area contributed by atoms with Crippen molar-refractivity contribution in [2.45, 2.75) is 17.9 Å². The van der Waals surface area contributed by atoms with Gasteiger partial charge in [0, 0.05) is 22.8 Å². The summed E-state index contributed by atoms with van der Waals surface area (Å²) in [4.78, 5) is 27.5. The van der Waals surface area contributed by atoms with E-state index in [-0.39, 0.29) is 4.90 Å². The third-order valence-electron chi connectivity index (χ3n) is 3.91. The second-order valence-corrected chi connectivity index (χ2v) is 7.42. The zero-order valence-electron chi connectivity index (χ0n) is 14.3. The summed E-state index contributed by atoms with van der Waals surface area (Å²) < 4.78 is 27.7. The fourth-order valence-electron chi connectivity index (χ4n) is 2.49. The maximum atomic E-state index is 12.3. The van der Waals surface area contributed by atoms with E-state index < -0.39 is 28.0 Å². The Labute approximate surface area is 155 Å². The van der Waals surface area contributed by atoms with Crippen molar-refractivity contribution >= 4 is 38.5 Å². The van der Waals surface area contributed by atoms with Crippen LogP contribution in [0.25, 0.3) is 10.9 Å². The Bertz CT molecular complexity index is 1100. The van der Waals surface area contributed by atoms with E-state index in [1.165, 1.54) is 37.4 Å². The molecule has 1 amide bonds. The highest BCUT2D eigenvalue weighted by molar-refractivity contribution is 7.89. The van der Waals surface area contributed by atoms with E-state index in [1.54, 1.807) is 12.1 Å². The minimum Gasteiger partial charge on any atom is -0.449 e. The van der Waals surface area contributed by atoms with Gasteiger partial charge in [-0.25, -0.2) is 18.4 Å². The summed E-state index contributed by atoms with van der Waals surface area (Å²) in [6.45, 7) is 1.45. The average molecular weight is 387 g/mol. The van der Waals surface area contributed by atoms with E-state index in [1.807, 2.05) is 12.1 Å². The van der Waals surface area contributed by atoms with Gasteiger partial charge in [-0.1, -0.05) is 18.2 Å². The molecule has 0 aliphatic carbocycles. The number of primary sulfonamides is 1. The number of carbonyl (C=O) groups excluding carboxylic acids is 2. The quantitative estimate of drug-likeness (QED) is 0.576. The normalized spacial score (nSPS) is 12.5. The van der Waals surface area contributed by atoms with Crippen LogP contribution < -0.4 is 10.5 Å². The molecule has 3 rings (SSSR count). The lowest BCUT2D eigenvalue weighted by atomic mass is 10.2. The van der Waals surface area contributed by atoms with Gasteiger partial charge in [-0.2, -0.15) is 0 Å². The highest BCUT2D eigenvalue weighted by Gasteiger charge is 2.21. The zero-order valence-corrected chi connectivity index (χ0v) is 15.1. The van der Waals surface area contributed by atoms with Gasteiger partial charge < -0.3 is 15.0 Å². The van der Waals surface area contributed by atoms with Gasteiger partial charge in [0.15, 0.2) is 6.10 Å². The third-order valence-corrected chi connectivity index (χ3v) is 4.84. The summed E-state index contributed by atoms with van der Waals surface area (Å²) in [6.07, 6.45) is 0.480. The number of hydrogen-bond donors (Lipinski definition) is 3. The van der Waals surface area contributed by atoms with Crippen LogP contribution in [0.4, 0.5) is 5.69 Å². The van der Waals surface area contributed by atoms with Crippen molar-refractivity contribution in [3.8, 4) is 0 Å². The Morgan fingerprint density at radius 2 is 1.78 bits per heavy atom. The number of anilines is 1. The number of amides is 1. The number of H-pyrrole nitrogens is 1. The number of aromatic amines is 1. The third kappa shape index (κ3) is 4.15. The monoisotopic (exact) mass is 387 g/mol. The number of fused-ring (bicyclic) bond motifs is 1. The van der Waals surface area contributed by atoms with Crippen LogP contribution in [0, 0.1) is 0 Å². The predicted molar refractivity (Wildman–Crippen MR) is 99.6 cm³/mol. The molecule has 0 aliphatic heterocycles. The molecule has 1 atom stereocenters. The van der Waals surface area contributed by atoms with Gasteiger partial charge >= 0.3 is 5.97 Å². The maximum Gasteiger partial charge on any atom is 0.341 e. The van der Waals surface area contributed by atoms with E-state index >= 15 is 0 Å². The van der Waals surface area contributed by atoms with Crippen molar-refractivity contribution in [3.63, 3.8) is 0 Å². The number of carbonyl (C=O) groups is 2. The van der Waals surface area contributed by atoms with E-state index in [4.69, 9.17) is 9.88 Å². The van der Waals surface area contributed by atoms with Crippen molar-refractivity contribution in [2.24, 2.45) is 5.14 Å². The first-order valence-electron chi connectivity index (χ1n) is 7.96. The summed E-state index contributed by atoms with van der Waals surface area (Å²) in [5.41, 5.74) is 1.47. The molecule has 0 fully saturated rings. The lowest BCUT2D eigenvalue weighted by Gasteiger charge is -2.13. The summed E-state index contributed by atoms with van der Waals surface area (Å²) in [7, 11) is -3.81.